The summed E-state index contributed by atoms with van der Waals surface area (Å²) in [6.07, 6.45) is 2.93. The maximum Gasteiger partial charge on any atom is 0.303 e. The number of β-amino-alcohol motifs (C(OH)–C–C–N with tert-alkyl or cyclic N) is 1. The highest BCUT2D eigenvalue weighted by Crippen LogP contribution is 2.38. The lowest BCUT2D eigenvalue weighted by atomic mass is 9.99. The SMILES string of the molecule is O=C(O)CCCCCC(=O)NCc1ccc([C@@H]2O[C@H](CN3CC[C@H](O)C3)C[C@H](c3ccc(CO)cc3)O2)cc1. The van der Waals surface area contributed by atoms with E-state index >= 15 is 0 Å². The Morgan fingerprint density at radius 2 is 1.62 bits per heavy atom. The first-order valence-corrected chi connectivity index (χ1v) is 13.9. The molecular formula is C30H40N2O7. The van der Waals surface area contributed by atoms with Gasteiger partial charge in [0.15, 0.2) is 6.29 Å². The van der Waals surface area contributed by atoms with Crippen LogP contribution in [0.3, 0.4) is 0 Å². The predicted molar refractivity (Wildman–Crippen MR) is 144 cm³/mol. The molecule has 0 radical (unpaired) electrons. The number of aliphatic hydroxyl groups is 2. The normalized spacial score (nSPS) is 23.5. The number of benzene rings is 2. The molecule has 4 N–H and O–H groups in total. The second-order valence-corrected chi connectivity index (χ2v) is 10.5. The first-order valence-electron chi connectivity index (χ1n) is 13.9. The standard InChI is InChI=1S/C30H40N2O7/c33-20-22-8-10-23(11-9-22)27-16-26(19-32-15-14-25(34)18-32)38-30(39-27)24-12-6-21(7-13-24)17-31-28(35)4-2-1-3-5-29(36)37/h6-13,25-27,30,33-34H,1-5,14-20H2,(H,31,35)(H,36,37)/t25-,26-,27+,30+/m0/s1. The number of nitrogens with one attached hydrogen (secondary N) is 1. The van der Waals surface area contributed by atoms with Crippen molar-refractivity contribution in [3.63, 3.8) is 0 Å². The zero-order valence-electron chi connectivity index (χ0n) is 22.3. The third-order valence-electron chi connectivity index (χ3n) is 7.36. The van der Waals surface area contributed by atoms with E-state index in [1.807, 2.05) is 48.5 Å². The number of amides is 1. The van der Waals surface area contributed by atoms with E-state index in [1.165, 1.54) is 0 Å². The number of aliphatic carboxylic acids is 1. The number of likely N-dealkylation sites (tertiary alicyclic amines) is 1. The Morgan fingerprint density at radius 3 is 2.28 bits per heavy atom. The molecule has 2 fully saturated rings. The molecule has 2 aromatic carbocycles. The van der Waals surface area contributed by atoms with Gasteiger partial charge in [0.25, 0.3) is 0 Å². The molecule has 0 saturated carbocycles. The summed E-state index contributed by atoms with van der Waals surface area (Å²) in [6.45, 7) is 2.65. The lowest BCUT2D eigenvalue weighted by molar-refractivity contribution is -0.252. The number of carboxylic acid groups (broad SMARTS) is 1. The van der Waals surface area contributed by atoms with Gasteiger partial charge in [0.2, 0.25) is 5.91 Å². The summed E-state index contributed by atoms with van der Waals surface area (Å²) in [5, 5.41) is 31.0. The van der Waals surface area contributed by atoms with Crippen LogP contribution in [-0.4, -0.2) is 63.9 Å². The van der Waals surface area contributed by atoms with Gasteiger partial charge in [0, 0.05) is 51.0 Å². The largest absolute Gasteiger partial charge is 0.481 e. The summed E-state index contributed by atoms with van der Waals surface area (Å²) in [5.74, 6) is -0.848. The second kappa shape index (κ2) is 14.5. The first-order chi connectivity index (χ1) is 18.9. The van der Waals surface area contributed by atoms with Gasteiger partial charge in [-0.1, -0.05) is 55.0 Å². The van der Waals surface area contributed by atoms with Crippen molar-refractivity contribution in [3.05, 3.63) is 70.8 Å². The molecular weight excluding hydrogens is 500 g/mol. The fraction of sp³-hybridized carbons (Fsp3) is 0.533. The highest BCUT2D eigenvalue weighted by atomic mass is 16.7. The minimum atomic E-state index is -0.805. The number of carboxylic acids is 1. The number of nitrogens with zero attached hydrogens (tertiary/aromatic N) is 1. The van der Waals surface area contributed by atoms with Crippen LogP contribution in [0.15, 0.2) is 48.5 Å². The Kier molecular flexibility index (Phi) is 10.9. The van der Waals surface area contributed by atoms with E-state index in [9.17, 15) is 19.8 Å². The van der Waals surface area contributed by atoms with Crippen molar-refractivity contribution < 1.29 is 34.4 Å². The van der Waals surface area contributed by atoms with E-state index in [1.54, 1.807) is 0 Å². The van der Waals surface area contributed by atoms with Gasteiger partial charge in [-0.25, -0.2) is 0 Å². The third-order valence-corrected chi connectivity index (χ3v) is 7.36. The number of rotatable bonds is 13. The monoisotopic (exact) mass is 540 g/mol. The van der Waals surface area contributed by atoms with Gasteiger partial charge in [0.05, 0.1) is 24.9 Å². The molecule has 0 aliphatic carbocycles. The summed E-state index contributed by atoms with van der Waals surface area (Å²) in [7, 11) is 0. The van der Waals surface area contributed by atoms with Crippen LogP contribution in [0.1, 0.15) is 79.6 Å². The topological polar surface area (TPSA) is 129 Å². The first kappa shape index (κ1) is 29.2. The van der Waals surface area contributed by atoms with E-state index in [4.69, 9.17) is 14.6 Å². The number of carbonyl (C=O) groups is 2. The summed E-state index contributed by atoms with van der Waals surface area (Å²) in [4.78, 5) is 24.9. The van der Waals surface area contributed by atoms with E-state index in [2.05, 4.69) is 10.2 Å². The zero-order chi connectivity index (χ0) is 27.6. The van der Waals surface area contributed by atoms with Crippen LogP contribution >= 0.6 is 0 Å². The van der Waals surface area contributed by atoms with Crippen LogP contribution in [0.2, 0.25) is 0 Å². The minimum Gasteiger partial charge on any atom is -0.481 e. The van der Waals surface area contributed by atoms with Crippen LogP contribution in [0.4, 0.5) is 0 Å². The van der Waals surface area contributed by atoms with Gasteiger partial charge in [-0.15, -0.1) is 0 Å². The molecule has 0 aromatic heterocycles. The average molecular weight is 541 g/mol. The summed E-state index contributed by atoms with van der Waals surface area (Å²) < 4.78 is 12.8. The van der Waals surface area contributed by atoms with Gasteiger partial charge in [-0.2, -0.15) is 0 Å². The smallest absolute Gasteiger partial charge is 0.303 e. The van der Waals surface area contributed by atoms with Crippen molar-refractivity contribution in [1.82, 2.24) is 10.2 Å². The summed E-state index contributed by atoms with van der Waals surface area (Å²) in [5.41, 5.74) is 3.75. The van der Waals surface area contributed by atoms with Crippen LogP contribution in [0.5, 0.6) is 0 Å². The van der Waals surface area contributed by atoms with E-state index < -0.39 is 12.3 Å². The van der Waals surface area contributed by atoms with Gasteiger partial charge in [0.1, 0.15) is 0 Å². The predicted octanol–water partition coefficient (Wildman–Crippen LogP) is 3.44. The fourth-order valence-corrected chi connectivity index (χ4v) is 5.12. The molecule has 9 nitrogen and oxygen atoms in total. The molecule has 2 aliphatic heterocycles. The maximum absolute atomic E-state index is 12.1. The van der Waals surface area contributed by atoms with Crippen LogP contribution < -0.4 is 5.32 Å². The van der Waals surface area contributed by atoms with Crippen molar-refractivity contribution in [1.29, 1.82) is 0 Å². The van der Waals surface area contributed by atoms with Gasteiger partial charge in [-0.05, 0) is 36.0 Å². The molecule has 2 aromatic rings. The molecule has 0 bridgehead atoms. The lowest BCUT2D eigenvalue weighted by Crippen LogP contribution is -2.38. The van der Waals surface area contributed by atoms with Crippen molar-refractivity contribution in [2.24, 2.45) is 0 Å². The van der Waals surface area contributed by atoms with Crippen molar-refractivity contribution in [2.45, 2.75) is 82.7 Å². The second-order valence-electron chi connectivity index (χ2n) is 10.5. The summed E-state index contributed by atoms with van der Waals surface area (Å²) in [6, 6.07) is 15.7. The molecule has 0 spiro atoms. The summed E-state index contributed by atoms with van der Waals surface area (Å²) >= 11 is 0. The van der Waals surface area contributed by atoms with Crippen LogP contribution in [0.25, 0.3) is 0 Å². The molecule has 9 heteroatoms. The van der Waals surface area contributed by atoms with Gasteiger partial charge in [-0.3, -0.25) is 14.5 Å². The van der Waals surface area contributed by atoms with Crippen molar-refractivity contribution in [3.8, 4) is 0 Å². The Bertz CT molecular complexity index is 1060. The number of hydrogen-bond acceptors (Lipinski definition) is 7. The molecule has 2 saturated heterocycles. The Morgan fingerprint density at radius 1 is 0.923 bits per heavy atom. The highest BCUT2D eigenvalue weighted by molar-refractivity contribution is 5.75. The molecule has 212 valence electrons. The molecule has 4 rings (SSSR count). The minimum absolute atomic E-state index is 0.00293. The zero-order valence-corrected chi connectivity index (χ0v) is 22.3. The molecule has 0 unspecified atom stereocenters. The third kappa shape index (κ3) is 9.12. The van der Waals surface area contributed by atoms with Crippen LogP contribution in [0, 0.1) is 0 Å². The Hall–Kier alpha value is -2.82. The molecule has 39 heavy (non-hydrogen) atoms. The van der Waals surface area contributed by atoms with E-state index in [0.717, 1.165) is 48.2 Å². The molecule has 4 atom stereocenters. The quantitative estimate of drug-likeness (QED) is 0.285. The number of unbranched alkanes of at least 4 members (excludes halogenated alkanes) is 2. The Labute approximate surface area is 229 Å². The number of ether oxygens (including phenoxy) is 2. The van der Waals surface area contributed by atoms with Gasteiger partial charge >= 0.3 is 5.97 Å². The van der Waals surface area contributed by atoms with E-state index in [0.29, 0.717) is 38.8 Å². The van der Waals surface area contributed by atoms with E-state index in [-0.39, 0.29) is 37.2 Å². The maximum atomic E-state index is 12.1. The number of aliphatic hydroxyl groups excluding tert-OH is 2. The average Bonchev–Trinajstić information content (AvgIpc) is 3.35. The molecule has 1 amide bonds. The van der Waals surface area contributed by atoms with Crippen molar-refractivity contribution >= 4 is 11.9 Å². The van der Waals surface area contributed by atoms with Gasteiger partial charge < -0.3 is 30.1 Å². The highest BCUT2D eigenvalue weighted by Gasteiger charge is 2.34. The number of hydrogen-bond donors (Lipinski definition) is 4. The lowest BCUT2D eigenvalue weighted by Gasteiger charge is -2.37. The molecule has 2 heterocycles. The Balaban J connectivity index is 1.34. The fourth-order valence-electron chi connectivity index (χ4n) is 5.12. The van der Waals surface area contributed by atoms with Crippen LogP contribution in [-0.2, 0) is 32.2 Å². The number of carbonyl (C=O) groups excluding carboxylic acids is 1. The molecule has 2 aliphatic rings. The van der Waals surface area contributed by atoms with Crippen molar-refractivity contribution in [2.75, 3.05) is 19.6 Å².